The lowest BCUT2D eigenvalue weighted by atomic mass is 10.2. The zero-order valence-electron chi connectivity index (χ0n) is 8.17. The highest BCUT2D eigenvalue weighted by atomic mass is 127. The molecular weight excluding hydrogens is 328 g/mol. The van der Waals surface area contributed by atoms with Gasteiger partial charge in [-0.1, -0.05) is 0 Å². The second-order valence-corrected chi connectivity index (χ2v) is 4.19. The molecule has 0 aliphatic heterocycles. The van der Waals surface area contributed by atoms with Crippen LogP contribution in [0.15, 0.2) is 18.2 Å². The van der Waals surface area contributed by atoms with Crippen molar-refractivity contribution < 1.29 is 19.1 Å². The maximum Gasteiger partial charge on any atom is 0.305 e. The molecule has 1 amide bonds. The third kappa shape index (κ3) is 3.76. The molecule has 0 aliphatic rings. The van der Waals surface area contributed by atoms with Gasteiger partial charge >= 0.3 is 5.97 Å². The number of halogens is 2. The van der Waals surface area contributed by atoms with Crippen LogP contribution in [0.2, 0.25) is 0 Å². The van der Waals surface area contributed by atoms with Gasteiger partial charge in [-0.3, -0.25) is 9.59 Å². The van der Waals surface area contributed by atoms with Crippen molar-refractivity contribution in [1.29, 1.82) is 0 Å². The Labute approximate surface area is 105 Å². The fraction of sp³-hybridized carbons (Fsp3) is 0.200. The zero-order chi connectivity index (χ0) is 12.1. The molecule has 6 heteroatoms. The first kappa shape index (κ1) is 12.9. The Morgan fingerprint density at radius 3 is 2.69 bits per heavy atom. The van der Waals surface area contributed by atoms with E-state index >= 15 is 0 Å². The Morgan fingerprint density at radius 2 is 2.12 bits per heavy atom. The first-order chi connectivity index (χ1) is 7.50. The molecule has 0 radical (unpaired) electrons. The third-order valence-corrected chi connectivity index (χ3v) is 2.69. The molecule has 0 aromatic heterocycles. The van der Waals surface area contributed by atoms with Crippen molar-refractivity contribution in [1.82, 2.24) is 5.32 Å². The molecule has 86 valence electrons. The molecule has 1 rings (SSSR count). The number of nitrogens with one attached hydrogen (secondary N) is 1. The van der Waals surface area contributed by atoms with Gasteiger partial charge in [0.05, 0.1) is 12.0 Å². The Kier molecular flexibility index (Phi) is 4.66. The minimum Gasteiger partial charge on any atom is -0.481 e. The SMILES string of the molecule is O=C(O)CCNC(=O)c1ccc(F)cc1I. The molecule has 16 heavy (non-hydrogen) atoms. The minimum absolute atomic E-state index is 0.0572. The number of carboxylic acid groups (broad SMARTS) is 1. The van der Waals surface area contributed by atoms with E-state index in [-0.39, 0.29) is 13.0 Å². The van der Waals surface area contributed by atoms with Crippen molar-refractivity contribution >= 4 is 34.5 Å². The summed E-state index contributed by atoms with van der Waals surface area (Å²) < 4.78 is 13.2. The molecule has 0 atom stereocenters. The number of benzene rings is 1. The number of hydrogen-bond donors (Lipinski definition) is 2. The average Bonchev–Trinajstić information content (AvgIpc) is 2.16. The average molecular weight is 337 g/mol. The van der Waals surface area contributed by atoms with Crippen molar-refractivity contribution in [3.8, 4) is 0 Å². The maximum absolute atomic E-state index is 12.8. The number of carbonyl (C=O) groups excluding carboxylic acids is 1. The molecular formula is C10H9FINO3. The lowest BCUT2D eigenvalue weighted by molar-refractivity contribution is -0.136. The van der Waals surface area contributed by atoms with Gasteiger partial charge in [-0.2, -0.15) is 0 Å². The lowest BCUT2D eigenvalue weighted by Crippen LogP contribution is -2.26. The molecule has 0 unspecified atom stereocenters. The van der Waals surface area contributed by atoms with Crippen molar-refractivity contribution in [2.75, 3.05) is 6.54 Å². The normalized spacial score (nSPS) is 9.88. The standard InChI is InChI=1S/C10H9FINO3/c11-6-1-2-7(8(12)5-6)10(16)13-4-3-9(14)15/h1-2,5H,3-4H2,(H,13,16)(H,14,15). The van der Waals surface area contributed by atoms with Crippen LogP contribution in [0.4, 0.5) is 4.39 Å². The van der Waals surface area contributed by atoms with E-state index in [1.807, 2.05) is 22.6 Å². The number of carbonyl (C=O) groups is 2. The van der Waals surface area contributed by atoms with Crippen LogP contribution >= 0.6 is 22.6 Å². The predicted molar refractivity (Wildman–Crippen MR) is 63.7 cm³/mol. The van der Waals surface area contributed by atoms with Gasteiger partial charge in [0.15, 0.2) is 0 Å². The molecule has 0 fully saturated rings. The number of aliphatic carboxylic acids is 1. The van der Waals surface area contributed by atoms with E-state index < -0.39 is 17.7 Å². The van der Waals surface area contributed by atoms with Gasteiger partial charge in [-0.25, -0.2) is 4.39 Å². The van der Waals surface area contributed by atoms with E-state index in [9.17, 15) is 14.0 Å². The molecule has 0 aliphatic carbocycles. The second-order valence-electron chi connectivity index (χ2n) is 3.02. The lowest BCUT2D eigenvalue weighted by Gasteiger charge is -2.05. The summed E-state index contributed by atoms with van der Waals surface area (Å²) in [5.41, 5.74) is 0.340. The van der Waals surface area contributed by atoms with Gasteiger partial charge in [0.2, 0.25) is 0 Å². The minimum atomic E-state index is -0.978. The molecule has 4 nitrogen and oxygen atoms in total. The topological polar surface area (TPSA) is 66.4 Å². The summed E-state index contributed by atoms with van der Waals surface area (Å²) in [5, 5.41) is 10.8. The van der Waals surface area contributed by atoms with Crippen molar-refractivity contribution in [3.63, 3.8) is 0 Å². The molecule has 0 saturated carbocycles. The summed E-state index contributed by atoms with van der Waals surface area (Å²) in [6, 6.07) is 3.80. The Bertz CT molecular complexity index is 423. The van der Waals surface area contributed by atoms with Crippen LogP contribution in [0.5, 0.6) is 0 Å². The summed E-state index contributed by atoms with van der Waals surface area (Å²) in [7, 11) is 0. The van der Waals surface area contributed by atoms with Gasteiger partial charge in [0.25, 0.3) is 5.91 Å². The monoisotopic (exact) mass is 337 g/mol. The third-order valence-electron chi connectivity index (χ3n) is 1.80. The number of rotatable bonds is 4. The van der Waals surface area contributed by atoms with Crippen molar-refractivity contribution in [2.45, 2.75) is 6.42 Å². The quantitative estimate of drug-likeness (QED) is 0.821. The highest BCUT2D eigenvalue weighted by Crippen LogP contribution is 2.13. The summed E-state index contributed by atoms with van der Waals surface area (Å²) in [4.78, 5) is 21.8. The van der Waals surface area contributed by atoms with Crippen LogP contribution in [-0.4, -0.2) is 23.5 Å². The van der Waals surface area contributed by atoms with Crippen molar-refractivity contribution in [3.05, 3.63) is 33.1 Å². The van der Waals surface area contributed by atoms with Crippen LogP contribution in [0.3, 0.4) is 0 Å². The largest absolute Gasteiger partial charge is 0.481 e. The molecule has 1 aromatic rings. The van der Waals surface area contributed by atoms with E-state index in [0.29, 0.717) is 9.13 Å². The maximum atomic E-state index is 12.8. The fourth-order valence-electron chi connectivity index (χ4n) is 1.05. The van der Waals surface area contributed by atoms with Gasteiger partial charge < -0.3 is 10.4 Å². The fourth-order valence-corrected chi connectivity index (χ4v) is 1.77. The molecule has 0 heterocycles. The molecule has 0 spiro atoms. The van der Waals surface area contributed by atoms with Gasteiger partial charge in [0, 0.05) is 10.1 Å². The van der Waals surface area contributed by atoms with E-state index in [2.05, 4.69) is 5.32 Å². The Morgan fingerprint density at radius 1 is 1.44 bits per heavy atom. The first-order valence-electron chi connectivity index (χ1n) is 4.45. The highest BCUT2D eigenvalue weighted by Gasteiger charge is 2.10. The van der Waals surface area contributed by atoms with Gasteiger partial charge in [-0.15, -0.1) is 0 Å². The number of amides is 1. The summed E-state index contributed by atoms with van der Waals surface area (Å²) in [5.74, 6) is -1.79. The van der Waals surface area contributed by atoms with Crippen LogP contribution in [0.25, 0.3) is 0 Å². The smallest absolute Gasteiger partial charge is 0.305 e. The van der Waals surface area contributed by atoms with Gasteiger partial charge in [0.1, 0.15) is 5.82 Å². The second kappa shape index (κ2) is 5.78. The number of carboxylic acids is 1. The predicted octanol–water partition coefficient (Wildman–Crippen LogP) is 1.63. The molecule has 0 bridgehead atoms. The van der Waals surface area contributed by atoms with E-state index in [0.717, 1.165) is 0 Å². The summed E-state index contributed by atoms with van der Waals surface area (Å²) in [6.45, 7) is 0.0572. The summed E-state index contributed by atoms with van der Waals surface area (Å²) in [6.07, 6.45) is -0.135. The van der Waals surface area contributed by atoms with Crippen LogP contribution in [0.1, 0.15) is 16.8 Å². The summed E-state index contributed by atoms with van der Waals surface area (Å²) >= 11 is 1.85. The molecule has 0 saturated heterocycles. The van der Waals surface area contributed by atoms with Crippen LogP contribution < -0.4 is 5.32 Å². The first-order valence-corrected chi connectivity index (χ1v) is 5.53. The van der Waals surface area contributed by atoms with Crippen LogP contribution in [0, 0.1) is 9.39 Å². The van der Waals surface area contributed by atoms with E-state index in [1.165, 1.54) is 18.2 Å². The Balaban J connectivity index is 2.63. The Hall–Kier alpha value is -1.18. The van der Waals surface area contributed by atoms with Gasteiger partial charge in [-0.05, 0) is 40.8 Å². The molecule has 1 aromatic carbocycles. The highest BCUT2D eigenvalue weighted by molar-refractivity contribution is 14.1. The van der Waals surface area contributed by atoms with Crippen LogP contribution in [-0.2, 0) is 4.79 Å². The van der Waals surface area contributed by atoms with E-state index in [1.54, 1.807) is 0 Å². The van der Waals surface area contributed by atoms with Crippen molar-refractivity contribution in [2.24, 2.45) is 0 Å². The molecule has 2 N–H and O–H groups in total. The van der Waals surface area contributed by atoms with E-state index in [4.69, 9.17) is 5.11 Å². The number of hydrogen-bond acceptors (Lipinski definition) is 2. The zero-order valence-corrected chi connectivity index (χ0v) is 10.3.